The smallest absolute Gasteiger partial charge is 0.122 e. The van der Waals surface area contributed by atoms with Crippen LogP contribution in [-0.4, -0.2) is 53.8 Å². The molecule has 0 amide bonds. The summed E-state index contributed by atoms with van der Waals surface area (Å²) in [6, 6.07) is 0. The first-order chi connectivity index (χ1) is 8.79. The van der Waals surface area contributed by atoms with Gasteiger partial charge in [0.1, 0.15) is 5.82 Å². The molecular formula is C13H24N4O. The van der Waals surface area contributed by atoms with Crippen LogP contribution in [0.2, 0.25) is 0 Å². The van der Waals surface area contributed by atoms with Gasteiger partial charge in [0, 0.05) is 38.6 Å². The highest BCUT2D eigenvalue weighted by Gasteiger charge is 2.17. The lowest BCUT2D eigenvalue weighted by Gasteiger charge is -2.30. The zero-order valence-corrected chi connectivity index (χ0v) is 11.4. The van der Waals surface area contributed by atoms with Crippen molar-refractivity contribution in [2.45, 2.75) is 32.5 Å². The topological polar surface area (TPSA) is 42.3 Å². The number of likely N-dealkylation sites (N-methyl/N-ethyl adjacent to an activating group) is 1. The van der Waals surface area contributed by atoms with Crippen molar-refractivity contribution < 1.29 is 4.74 Å². The number of imidazole rings is 1. The fourth-order valence-electron chi connectivity index (χ4n) is 2.29. The summed E-state index contributed by atoms with van der Waals surface area (Å²) >= 11 is 0. The Morgan fingerprint density at radius 2 is 2.44 bits per heavy atom. The highest BCUT2D eigenvalue weighted by molar-refractivity contribution is 4.92. The Morgan fingerprint density at radius 3 is 3.22 bits per heavy atom. The standard InChI is InChI=1S/C13H24N4O/c1-3-5-17-6-4-15-13(17)10-14-9-12-11-16(2)7-8-18-12/h4,6,12,14H,3,5,7-11H2,1-2H3. The molecule has 5 heteroatoms. The molecule has 1 aromatic heterocycles. The monoisotopic (exact) mass is 252 g/mol. The molecule has 5 nitrogen and oxygen atoms in total. The van der Waals surface area contributed by atoms with Gasteiger partial charge in [0.2, 0.25) is 0 Å². The highest BCUT2D eigenvalue weighted by atomic mass is 16.5. The van der Waals surface area contributed by atoms with Gasteiger partial charge in [-0.1, -0.05) is 6.92 Å². The fraction of sp³-hybridized carbons (Fsp3) is 0.769. The predicted molar refractivity (Wildman–Crippen MR) is 71.5 cm³/mol. The minimum atomic E-state index is 0.304. The van der Waals surface area contributed by atoms with Crippen LogP contribution in [0.1, 0.15) is 19.2 Å². The highest BCUT2D eigenvalue weighted by Crippen LogP contribution is 2.03. The molecule has 1 unspecified atom stereocenters. The maximum atomic E-state index is 5.71. The predicted octanol–water partition coefficient (Wildman–Crippen LogP) is 0.713. The average Bonchev–Trinajstić information content (AvgIpc) is 2.78. The van der Waals surface area contributed by atoms with E-state index in [1.165, 1.54) is 0 Å². The van der Waals surface area contributed by atoms with Crippen molar-refractivity contribution in [3.05, 3.63) is 18.2 Å². The van der Waals surface area contributed by atoms with Gasteiger partial charge in [-0.3, -0.25) is 0 Å². The maximum absolute atomic E-state index is 5.71. The second-order valence-electron chi connectivity index (χ2n) is 4.92. The second-order valence-corrected chi connectivity index (χ2v) is 4.92. The zero-order valence-electron chi connectivity index (χ0n) is 11.4. The quantitative estimate of drug-likeness (QED) is 0.810. The van der Waals surface area contributed by atoms with Crippen LogP contribution in [0.5, 0.6) is 0 Å². The van der Waals surface area contributed by atoms with Gasteiger partial charge in [0.15, 0.2) is 0 Å². The van der Waals surface area contributed by atoms with Crippen LogP contribution >= 0.6 is 0 Å². The van der Waals surface area contributed by atoms with Crippen molar-refractivity contribution in [2.75, 3.05) is 33.3 Å². The minimum absolute atomic E-state index is 0.304. The molecule has 1 N–H and O–H groups in total. The van der Waals surface area contributed by atoms with Crippen molar-refractivity contribution in [1.29, 1.82) is 0 Å². The summed E-state index contributed by atoms with van der Waals surface area (Å²) in [6.07, 6.45) is 5.36. The molecule has 0 bridgehead atoms. The molecule has 1 atom stereocenters. The Hall–Kier alpha value is -0.910. The molecule has 1 fully saturated rings. The van der Waals surface area contributed by atoms with E-state index in [0.29, 0.717) is 6.10 Å². The average molecular weight is 252 g/mol. The van der Waals surface area contributed by atoms with Crippen molar-refractivity contribution in [2.24, 2.45) is 0 Å². The van der Waals surface area contributed by atoms with E-state index in [4.69, 9.17) is 4.74 Å². The molecule has 18 heavy (non-hydrogen) atoms. The fourth-order valence-corrected chi connectivity index (χ4v) is 2.29. The summed E-state index contributed by atoms with van der Waals surface area (Å²) in [7, 11) is 2.14. The Morgan fingerprint density at radius 1 is 1.56 bits per heavy atom. The molecule has 0 aromatic carbocycles. The number of aryl methyl sites for hydroxylation is 1. The lowest BCUT2D eigenvalue weighted by atomic mass is 10.3. The van der Waals surface area contributed by atoms with Gasteiger partial charge in [0.05, 0.1) is 19.3 Å². The van der Waals surface area contributed by atoms with E-state index in [-0.39, 0.29) is 0 Å². The van der Waals surface area contributed by atoms with Gasteiger partial charge >= 0.3 is 0 Å². The van der Waals surface area contributed by atoms with Crippen LogP contribution in [-0.2, 0) is 17.8 Å². The minimum Gasteiger partial charge on any atom is -0.374 e. The van der Waals surface area contributed by atoms with Crippen LogP contribution in [0.25, 0.3) is 0 Å². The van der Waals surface area contributed by atoms with E-state index in [1.54, 1.807) is 0 Å². The van der Waals surface area contributed by atoms with E-state index < -0.39 is 0 Å². The Bertz CT molecular complexity index is 353. The van der Waals surface area contributed by atoms with Crippen LogP contribution in [0, 0.1) is 0 Å². The van der Waals surface area contributed by atoms with Gasteiger partial charge in [-0.15, -0.1) is 0 Å². The Kier molecular flexibility index (Phi) is 5.16. The molecule has 1 aromatic rings. The molecule has 2 heterocycles. The van der Waals surface area contributed by atoms with Crippen molar-refractivity contribution in [3.8, 4) is 0 Å². The molecule has 102 valence electrons. The summed E-state index contributed by atoms with van der Waals surface area (Å²) in [5, 5.41) is 3.44. The van der Waals surface area contributed by atoms with Crippen molar-refractivity contribution in [1.82, 2.24) is 19.8 Å². The van der Waals surface area contributed by atoms with Gasteiger partial charge in [-0.2, -0.15) is 0 Å². The van der Waals surface area contributed by atoms with Crippen LogP contribution in [0.15, 0.2) is 12.4 Å². The van der Waals surface area contributed by atoms with E-state index >= 15 is 0 Å². The van der Waals surface area contributed by atoms with Gasteiger partial charge < -0.3 is 19.5 Å². The molecule has 0 spiro atoms. The first kappa shape index (κ1) is 13.5. The van der Waals surface area contributed by atoms with Gasteiger partial charge in [-0.25, -0.2) is 4.98 Å². The molecule has 0 aliphatic carbocycles. The number of nitrogens with zero attached hydrogens (tertiary/aromatic N) is 3. The lowest BCUT2D eigenvalue weighted by molar-refractivity contribution is -0.0183. The molecule has 1 saturated heterocycles. The molecule has 0 radical (unpaired) electrons. The van der Waals surface area contributed by atoms with E-state index in [9.17, 15) is 0 Å². The summed E-state index contributed by atoms with van der Waals surface area (Å²) in [6.45, 7) is 7.82. The van der Waals surface area contributed by atoms with Crippen molar-refractivity contribution in [3.63, 3.8) is 0 Å². The van der Waals surface area contributed by atoms with Gasteiger partial charge in [-0.05, 0) is 13.5 Å². The number of hydrogen-bond acceptors (Lipinski definition) is 4. The first-order valence-corrected chi connectivity index (χ1v) is 6.80. The number of hydrogen-bond donors (Lipinski definition) is 1. The summed E-state index contributed by atoms with van der Waals surface area (Å²) in [5.74, 6) is 1.11. The zero-order chi connectivity index (χ0) is 12.8. The molecule has 1 aliphatic heterocycles. The lowest BCUT2D eigenvalue weighted by Crippen LogP contribution is -2.44. The third-order valence-corrected chi connectivity index (χ3v) is 3.26. The summed E-state index contributed by atoms with van der Waals surface area (Å²) < 4.78 is 7.92. The number of morpholine rings is 1. The number of aromatic nitrogens is 2. The van der Waals surface area contributed by atoms with Crippen LogP contribution < -0.4 is 5.32 Å². The summed E-state index contributed by atoms with van der Waals surface area (Å²) in [5.41, 5.74) is 0. The van der Waals surface area contributed by atoms with E-state index in [2.05, 4.69) is 33.7 Å². The van der Waals surface area contributed by atoms with Crippen LogP contribution in [0.4, 0.5) is 0 Å². The molecular weight excluding hydrogens is 228 g/mol. The Labute approximate surface area is 109 Å². The number of nitrogens with one attached hydrogen (secondary N) is 1. The molecule has 2 rings (SSSR count). The van der Waals surface area contributed by atoms with E-state index in [1.807, 2.05) is 12.4 Å². The second kappa shape index (κ2) is 6.87. The molecule has 0 saturated carbocycles. The number of ether oxygens (including phenoxy) is 1. The summed E-state index contributed by atoms with van der Waals surface area (Å²) in [4.78, 5) is 6.70. The maximum Gasteiger partial charge on any atom is 0.122 e. The normalized spacial score (nSPS) is 21.3. The van der Waals surface area contributed by atoms with Crippen LogP contribution in [0.3, 0.4) is 0 Å². The first-order valence-electron chi connectivity index (χ1n) is 6.80. The SMILES string of the molecule is CCCn1ccnc1CNCC1CN(C)CCO1. The molecule has 1 aliphatic rings. The largest absolute Gasteiger partial charge is 0.374 e. The van der Waals surface area contributed by atoms with Crippen molar-refractivity contribution >= 4 is 0 Å². The number of rotatable bonds is 6. The third kappa shape index (κ3) is 3.80. The van der Waals surface area contributed by atoms with Gasteiger partial charge in [0.25, 0.3) is 0 Å². The third-order valence-electron chi connectivity index (χ3n) is 3.26. The van der Waals surface area contributed by atoms with E-state index in [0.717, 1.165) is 51.6 Å². The Balaban J connectivity index is 1.72.